The molecule has 0 amide bonds. The van der Waals surface area contributed by atoms with Crippen molar-refractivity contribution in [3.63, 3.8) is 0 Å². The van der Waals surface area contributed by atoms with E-state index in [-0.39, 0.29) is 5.75 Å². The molecule has 0 unspecified atom stereocenters. The Kier molecular flexibility index (Phi) is 5.40. The molecule has 134 valence electrons. The normalized spacial score (nSPS) is 23.8. The van der Waals surface area contributed by atoms with E-state index in [1.54, 1.807) is 18.3 Å². The summed E-state index contributed by atoms with van der Waals surface area (Å²) < 4.78 is 0. The fourth-order valence-corrected chi connectivity index (χ4v) is 3.57. The van der Waals surface area contributed by atoms with Crippen LogP contribution in [0.4, 0.5) is 0 Å². The minimum atomic E-state index is -0.721. The number of aliphatic hydroxyl groups is 1. The Morgan fingerprint density at radius 2 is 1.84 bits per heavy atom. The summed E-state index contributed by atoms with van der Waals surface area (Å²) in [7, 11) is 0. The van der Waals surface area contributed by atoms with Crippen molar-refractivity contribution in [3.8, 4) is 5.75 Å². The Morgan fingerprint density at radius 1 is 1.16 bits per heavy atom. The van der Waals surface area contributed by atoms with Gasteiger partial charge in [-0.3, -0.25) is 4.98 Å². The number of nitrogens with zero attached hydrogens (tertiary/aromatic N) is 1. The van der Waals surface area contributed by atoms with Gasteiger partial charge in [0.25, 0.3) is 0 Å². The van der Waals surface area contributed by atoms with Gasteiger partial charge in [0.15, 0.2) is 0 Å². The van der Waals surface area contributed by atoms with E-state index < -0.39 is 5.60 Å². The van der Waals surface area contributed by atoms with Crippen molar-refractivity contribution in [1.29, 1.82) is 0 Å². The molecule has 3 N–H and O–H groups in total. The average Bonchev–Trinajstić information content (AvgIpc) is 2.62. The predicted molar refractivity (Wildman–Crippen MR) is 99.4 cm³/mol. The summed E-state index contributed by atoms with van der Waals surface area (Å²) in [4.78, 5) is 4.20. The smallest absolute Gasteiger partial charge is 0.138 e. The van der Waals surface area contributed by atoms with Gasteiger partial charge in [-0.2, -0.15) is 0 Å². The van der Waals surface area contributed by atoms with Crippen LogP contribution in [0.3, 0.4) is 0 Å². The SMILES string of the molecule is CC(C)c1ccc(C2(O)CCC(NCc3ncccc3O)CC2)cc1. The highest BCUT2D eigenvalue weighted by Gasteiger charge is 2.34. The molecule has 0 atom stereocenters. The summed E-state index contributed by atoms with van der Waals surface area (Å²) in [5.41, 5.74) is 2.28. The van der Waals surface area contributed by atoms with Crippen LogP contribution in [0, 0.1) is 0 Å². The predicted octanol–water partition coefficient (Wildman–Crippen LogP) is 3.83. The number of aromatic nitrogens is 1. The van der Waals surface area contributed by atoms with E-state index in [0.717, 1.165) is 31.2 Å². The Morgan fingerprint density at radius 3 is 2.44 bits per heavy atom. The molecule has 1 fully saturated rings. The highest BCUT2D eigenvalue weighted by Crippen LogP contribution is 2.37. The molecule has 4 nitrogen and oxygen atoms in total. The summed E-state index contributed by atoms with van der Waals surface area (Å²) in [6.45, 7) is 4.92. The molecule has 1 aromatic carbocycles. The summed E-state index contributed by atoms with van der Waals surface area (Å²) in [6, 6.07) is 12.1. The molecule has 4 heteroatoms. The Balaban J connectivity index is 1.56. The highest BCUT2D eigenvalue weighted by molar-refractivity contribution is 5.29. The molecule has 1 heterocycles. The Hall–Kier alpha value is -1.91. The van der Waals surface area contributed by atoms with E-state index >= 15 is 0 Å². The van der Waals surface area contributed by atoms with Crippen molar-refractivity contribution in [2.75, 3.05) is 0 Å². The molecule has 2 aromatic rings. The van der Waals surface area contributed by atoms with E-state index in [9.17, 15) is 10.2 Å². The third kappa shape index (κ3) is 4.20. The van der Waals surface area contributed by atoms with Crippen molar-refractivity contribution in [1.82, 2.24) is 10.3 Å². The third-order valence-electron chi connectivity index (χ3n) is 5.35. The van der Waals surface area contributed by atoms with Gasteiger partial charge in [-0.15, -0.1) is 0 Å². The minimum absolute atomic E-state index is 0.229. The maximum absolute atomic E-state index is 11.0. The van der Waals surface area contributed by atoms with Gasteiger partial charge in [-0.05, 0) is 54.9 Å². The molecule has 25 heavy (non-hydrogen) atoms. The van der Waals surface area contributed by atoms with E-state index in [2.05, 4.69) is 48.4 Å². The van der Waals surface area contributed by atoms with Crippen molar-refractivity contribution < 1.29 is 10.2 Å². The second-order valence-electron chi connectivity index (χ2n) is 7.43. The first-order valence-corrected chi connectivity index (χ1v) is 9.17. The van der Waals surface area contributed by atoms with Crippen LogP contribution in [-0.2, 0) is 12.1 Å². The monoisotopic (exact) mass is 340 g/mol. The first kappa shape index (κ1) is 17.9. The lowest BCUT2D eigenvalue weighted by Crippen LogP contribution is -2.39. The van der Waals surface area contributed by atoms with E-state index in [1.165, 1.54) is 5.56 Å². The zero-order chi connectivity index (χ0) is 17.9. The molecule has 0 spiro atoms. The lowest BCUT2D eigenvalue weighted by molar-refractivity contribution is -0.00853. The first-order valence-electron chi connectivity index (χ1n) is 9.17. The van der Waals surface area contributed by atoms with Crippen LogP contribution in [0.5, 0.6) is 5.75 Å². The number of pyridine rings is 1. The lowest BCUT2D eigenvalue weighted by Gasteiger charge is -2.37. The highest BCUT2D eigenvalue weighted by atomic mass is 16.3. The molecule has 1 aliphatic rings. The zero-order valence-corrected chi connectivity index (χ0v) is 15.1. The molecule has 3 rings (SSSR count). The van der Waals surface area contributed by atoms with E-state index in [4.69, 9.17) is 0 Å². The molecule has 0 saturated heterocycles. The molecule has 1 aliphatic carbocycles. The summed E-state index contributed by atoms with van der Waals surface area (Å²) in [5, 5.41) is 24.3. The molecule has 1 aromatic heterocycles. The number of nitrogens with one attached hydrogen (secondary N) is 1. The van der Waals surface area contributed by atoms with Crippen molar-refractivity contribution in [3.05, 3.63) is 59.4 Å². The maximum Gasteiger partial charge on any atom is 0.138 e. The maximum atomic E-state index is 11.0. The van der Waals surface area contributed by atoms with Gasteiger partial charge >= 0.3 is 0 Å². The molecule has 0 bridgehead atoms. The van der Waals surface area contributed by atoms with Gasteiger partial charge in [0.2, 0.25) is 0 Å². The molecular weight excluding hydrogens is 312 g/mol. The zero-order valence-electron chi connectivity index (χ0n) is 15.1. The van der Waals surface area contributed by atoms with Crippen LogP contribution >= 0.6 is 0 Å². The number of hydrogen-bond donors (Lipinski definition) is 3. The van der Waals surface area contributed by atoms with Crippen LogP contribution in [0.25, 0.3) is 0 Å². The summed E-state index contributed by atoms with van der Waals surface area (Å²) in [6.07, 6.45) is 5.02. The van der Waals surface area contributed by atoms with Crippen LogP contribution in [0.15, 0.2) is 42.6 Å². The third-order valence-corrected chi connectivity index (χ3v) is 5.35. The van der Waals surface area contributed by atoms with Gasteiger partial charge in [-0.25, -0.2) is 0 Å². The summed E-state index contributed by atoms with van der Waals surface area (Å²) >= 11 is 0. The Labute approximate surface area is 149 Å². The largest absolute Gasteiger partial charge is 0.506 e. The number of rotatable bonds is 5. The van der Waals surface area contributed by atoms with Crippen LogP contribution < -0.4 is 5.32 Å². The molecule has 0 radical (unpaired) electrons. The van der Waals surface area contributed by atoms with Crippen LogP contribution in [0.1, 0.15) is 62.3 Å². The van der Waals surface area contributed by atoms with Gasteiger partial charge in [0, 0.05) is 18.8 Å². The van der Waals surface area contributed by atoms with Crippen LogP contribution in [-0.4, -0.2) is 21.2 Å². The number of hydrogen-bond acceptors (Lipinski definition) is 4. The molecule has 0 aliphatic heterocycles. The topological polar surface area (TPSA) is 65.4 Å². The quantitative estimate of drug-likeness (QED) is 0.774. The first-order chi connectivity index (χ1) is 12.0. The molecular formula is C21H28N2O2. The Bertz CT molecular complexity index is 689. The van der Waals surface area contributed by atoms with Gasteiger partial charge in [0.05, 0.1) is 11.3 Å². The average molecular weight is 340 g/mol. The summed E-state index contributed by atoms with van der Waals surface area (Å²) in [5.74, 6) is 0.735. The van der Waals surface area contributed by atoms with Gasteiger partial charge in [0.1, 0.15) is 5.75 Å². The van der Waals surface area contributed by atoms with Crippen molar-refractivity contribution >= 4 is 0 Å². The van der Waals surface area contributed by atoms with Crippen molar-refractivity contribution in [2.24, 2.45) is 0 Å². The number of benzene rings is 1. The second-order valence-corrected chi connectivity index (χ2v) is 7.43. The standard InChI is InChI=1S/C21H28N2O2/c1-15(2)16-5-7-17(8-6-16)21(25)11-9-18(10-12-21)23-14-19-20(24)4-3-13-22-19/h3-8,13,15,18,23-25H,9-12,14H2,1-2H3. The molecule has 1 saturated carbocycles. The number of aromatic hydroxyl groups is 1. The fraction of sp³-hybridized carbons (Fsp3) is 0.476. The van der Waals surface area contributed by atoms with Gasteiger partial charge < -0.3 is 15.5 Å². The van der Waals surface area contributed by atoms with Crippen molar-refractivity contribution in [2.45, 2.75) is 63.6 Å². The van der Waals surface area contributed by atoms with E-state index in [0.29, 0.717) is 24.2 Å². The minimum Gasteiger partial charge on any atom is -0.506 e. The fourth-order valence-electron chi connectivity index (χ4n) is 3.57. The van der Waals surface area contributed by atoms with E-state index in [1.807, 2.05) is 0 Å². The second kappa shape index (κ2) is 7.54. The van der Waals surface area contributed by atoms with Crippen LogP contribution in [0.2, 0.25) is 0 Å². The van der Waals surface area contributed by atoms with Gasteiger partial charge in [-0.1, -0.05) is 38.1 Å². The lowest BCUT2D eigenvalue weighted by atomic mass is 9.77.